The first kappa shape index (κ1) is 77.4. The van der Waals surface area contributed by atoms with Gasteiger partial charge in [-0.15, -0.1) is 0 Å². The number of carbonyl (C=O) groups excluding carboxylic acids is 1. The number of hydrogen-bond donors (Lipinski definition) is 3. The molecule has 0 bridgehead atoms. The van der Waals surface area contributed by atoms with Crippen LogP contribution in [-0.4, -0.2) is 73.4 Å². The fourth-order valence-corrected chi connectivity index (χ4v) is 10.3. The highest BCUT2D eigenvalue weighted by Gasteiger charge is 2.28. The zero-order valence-electron chi connectivity index (χ0n) is 53.0. The first-order chi connectivity index (χ1) is 39.0. The van der Waals surface area contributed by atoms with Gasteiger partial charge in [0.05, 0.1) is 39.9 Å². The van der Waals surface area contributed by atoms with E-state index in [-0.39, 0.29) is 19.1 Å². The van der Waals surface area contributed by atoms with Crippen molar-refractivity contribution in [3.63, 3.8) is 0 Å². The van der Waals surface area contributed by atoms with Gasteiger partial charge in [0.2, 0.25) is 5.91 Å². The predicted octanol–water partition coefficient (Wildman–Crippen LogP) is 21.3. The molecule has 9 heteroatoms. The minimum atomic E-state index is -4.37. The lowest BCUT2D eigenvalue weighted by molar-refractivity contribution is -0.870. The number of amides is 1. The van der Waals surface area contributed by atoms with Crippen LogP contribution in [0.25, 0.3) is 0 Å². The second-order valence-corrected chi connectivity index (χ2v) is 25.3. The minimum absolute atomic E-state index is 0.0510. The van der Waals surface area contributed by atoms with E-state index in [0.717, 1.165) is 77.0 Å². The molecule has 3 unspecified atom stereocenters. The van der Waals surface area contributed by atoms with Gasteiger partial charge in [-0.1, -0.05) is 297 Å². The molecule has 80 heavy (non-hydrogen) atoms. The lowest BCUT2D eigenvalue weighted by atomic mass is 10.0. The van der Waals surface area contributed by atoms with Crippen molar-refractivity contribution in [3.8, 4) is 0 Å². The van der Waals surface area contributed by atoms with Crippen LogP contribution in [0.15, 0.2) is 97.2 Å². The van der Waals surface area contributed by atoms with Crippen molar-refractivity contribution >= 4 is 13.7 Å². The van der Waals surface area contributed by atoms with E-state index in [4.69, 9.17) is 9.05 Å². The Kier molecular flexibility index (Phi) is 59.0. The Labute approximate surface area is 496 Å². The van der Waals surface area contributed by atoms with Crippen LogP contribution in [0.1, 0.15) is 296 Å². The molecule has 0 aromatic heterocycles. The largest absolute Gasteiger partial charge is 0.472 e. The molecule has 0 aliphatic rings. The van der Waals surface area contributed by atoms with Crippen molar-refractivity contribution in [2.75, 3.05) is 40.9 Å². The average molecular weight is 1140 g/mol. The smallest absolute Gasteiger partial charge is 0.387 e. The zero-order chi connectivity index (χ0) is 58.4. The van der Waals surface area contributed by atoms with Crippen LogP contribution in [0.5, 0.6) is 0 Å². The monoisotopic (exact) mass is 1140 g/mol. The average Bonchev–Trinajstić information content (AvgIpc) is 3.42. The number of nitrogens with zero attached hydrogens (tertiary/aromatic N) is 1. The number of phosphoric acid groups is 1. The summed E-state index contributed by atoms with van der Waals surface area (Å²) < 4.78 is 23.8. The number of aliphatic hydroxyl groups is 1. The quantitative estimate of drug-likeness (QED) is 0.0243. The van der Waals surface area contributed by atoms with E-state index in [1.54, 1.807) is 6.08 Å². The van der Waals surface area contributed by atoms with Gasteiger partial charge in [-0.3, -0.25) is 13.8 Å². The third kappa shape index (κ3) is 63.0. The van der Waals surface area contributed by atoms with Crippen molar-refractivity contribution in [3.05, 3.63) is 97.2 Å². The second-order valence-electron chi connectivity index (χ2n) is 23.8. The minimum Gasteiger partial charge on any atom is -0.387 e. The Hall–Kier alpha value is -2.58. The molecular formula is C71H130N2O6P+. The molecule has 0 rings (SSSR count). The zero-order valence-corrected chi connectivity index (χ0v) is 53.9. The van der Waals surface area contributed by atoms with Crippen molar-refractivity contribution < 1.29 is 32.9 Å². The normalized spacial score (nSPS) is 14.3. The van der Waals surface area contributed by atoms with Crippen LogP contribution in [0.3, 0.4) is 0 Å². The highest BCUT2D eigenvalue weighted by atomic mass is 31.2. The Bertz CT molecular complexity index is 1620. The van der Waals surface area contributed by atoms with Crippen LogP contribution in [0, 0.1) is 0 Å². The van der Waals surface area contributed by atoms with E-state index in [1.807, 2.05) is 27.2 Å². The molecular weight excluding hydrogens is 1010 g/mol. The van der Waals surface area contributed by atoms with Crippen molar-refractivity contribution in [2.24, 2.45) is 0 Å². The molecule has 3 N–H and O–H groups in total. The number of likely N-dealkylation sites (N-methyl/N-ethyl adjacent to an activating group) is 1. The summed E-state index contributed by atoms with van der Waals surface area (Å²) in [6.07, 6.45) is 88.3. The Morgan fingerprint density at radius 2 is 0.762 bits per heavy atom. The summed E-state index contributed by atoms with van der Waals surface area (Å²) in [5.74, 6) is -0.190. The van der Waals surface area contributed by atoms with Crippen molar-refractivity contribution in [1.82, 2.24) is 5.32 Å². The SMILES string of the molecule is CC/C=C\C/C=C\C/C=C\C/C=C\C/C=C\CCCCCCCCCCCCCCCCCCCC(=O)NC(COP(=O)(O)OCC[N+](C)(C)C)C(O)/C=C/CC/C=C/CC/C=C/CCCCCCCCCCCCCCCCC. The number of aliphatic hydroxyl groups excluding tert-OH is 1. The van der Waals surface area contributed by atoms with Gasteiger partial charge in [0.15, 0.2) is 0 Å². The highest BCUT2D eigenvalue weighted by Crippen LogP contribution is 2.43. The van der Waals surface area contributed by atoms with E-state index in [0.29, 0.717) is 17.4 Å². The molecule has 0 heterocycles. The lowest BCUT2D eigenvalue weighted by Gasteiger charge is -2.25. The summed E-state index contributed by atoms with van der Waals surface area (Å²) in [5, 5.41) is 14.0. The molecule has 0 aromatic carbocycles. The summed E-state index contributed by atoms with van der Waals surface area (Å²) in [5.41, 5.74) is 0. The standard InChI is InChI=1S/C71H129N2O6P/c1-6-8-10-12-14-16-18-20-22-24-26-28-30-32-33-34-35-36-37-38-39-41-43-45-47-49-51-53-55-57-59-61-63-65-71(75)72-69(68-79-80(76,77)78-67-66-73(3,4)5)70(74)64-62-60-58-56-54-52-50-48-46-44-42-40-31-29-27-25-23-21-19-17-15-13-11-9-7-2/h8,10,14,16,20,22,26,28,32-33,46,48,54,56,62,64,69-70,74H,6-7,9,11-13,15,17-19,21,23-25,27,29-31,34-45,47,49-53,55,57-61,63,65-68H2,1-5H3,(H-,72,75,76,77)/p+1/b10-8-,16-14-,22-20-,28-26-,33-32-,48-46+,56-54+,64-62+. The number of rotatable bonds is 61. The molecule has 0 saturated carbocycles. The topological polar surface area (TPSA) is 105 Å². The third-order valence-corrected chi connectivity index (χ3v) is 15.7. The predicted molar refractivity (Wildman–Crippen MR) is 350 cm³/mol. The Morgan fingerprint density at radius 1 is 0.438 bits per heavy atom. The third-order valence-electron chi connectivity index (χ3n) is 14.8. The number of quaternary nitrogens is 1. The van der Waals surface area contributed by atoms with Gasteiger partial charge in [0, 0.05) is 6.42 Å². The van der Waals surface area contributed by atoms with Crippen molar-refractivity contribution in [1.29, 1.82) is 0 Å². The summed E-state index contributed by atoms with van der Waals surface area (Å²) in [6, 6.07) is -0.875. The molecule has 0 aromatic rings. The number of nitrogens with one attached hydrogen (secondary N) is 1. The molecule has 0 fully saturated rings. The van der Waals surface area contributed by atoms with Crippen LogP contribution in [-0.2, 0) is 18.4 Å². The maximum atomic E-state index is 13.0. The van der Waals surface area contributed by atoms with E-state index in [2.05, 4.69) is 104 Å². The van der Waals surface area contributed by atoms with Gasteiger partial charge >= 0.3 is 7.82 Å². The highest BCUT2D eigenvalue weighted by molar-refractivity contribution is 7.47. The molecule has 464 valence electrons. The fraction of sp³-hybridized carbons (Fsp3) is 0.761. The van der Waals surface area contributed by atoms with E-state index >= 15 is 0 Å². The molecule has 1 amide bonds. The lowest BCUT2D eigenvalue weighted by Crippen LogP contribution is -2.45. The summed E-state index contributed by atoms with van der Waals surface area (Å²) >= 11 is 0. The van der Waals surface area contributed by atoms with Crippen LogP contribution < -0.4 is 5.32 Å². The number of phosphoric ester groups is 1. The van der Waals surface area contributed by atoms with E-state index in [1.165, 1.54) is 199 Å². The number of unbranched alkanes of at least 4 members (excludes halogenated alkanes) is 34. The van der Waals surface area contributed by atoms with Gasteiger partial charge in [-0.2, -0.15) is 0 Å². The van der Waals surface area contributed by atoms with Gasteiger partial charge < -0.3 is 19.8 Å². The number of carbonyl (C=O) groups is 1. The van der Waals surface area contributed by atoms with Crippen LogP contribution >= 0.6 is 7.82 Å². The Balaban J connectivity index is 4.14. The molecule has 8 nitrogen and oxygen atoms in total. The van der Waals surface area contributed by atoms with Gasteiger partial charge in [0.25, 0.3) is 0 Å². The van der Waals surface area contributed by atoms with Crippen LogP contribution in [0.4, 0.5) is 0 Å². The van der Waals surface area contributed by atoms with Gasteiger partial charge in [-0.25, -0.2) is 4.57 Å². The molecule has 0 saturated heterocycles. The number of allylic oxidation sites excluding steroid dienone is 15. The molecule has 3 atom stereocenters. The fourth-order valence-electron chi connectivity index (χ4n) is 9.57. The maximum absolute atomic E-state index is 13.0. The second kappa shape index (κ2) is 61.0. The first-order valence-electron chi connectivity index (χ1n) is 33.6. The van der Waals surface area contributed by atoms with Gasteiger partial charge in [0.1, 0.15) is 13.2 Å². The van der Waals surface area contributed by atoms with Crippen molar-refractivity contribution in [2.45, 2.75) is 309 Å². The number of hydrogen-bond acceptors (Lipinski definition) is 5. The molecule has 0 aliphatic heterocycles. The molecule has 0 spiro atoms. The summed E-state index contributed by atoms with van der Waals surface area (Å²) in [4.78, 5) is 23.4. The first-order valence-corrected chi connectivity index (χ1v) is 35.1. The van der Waals surface area contributed by atoms with Crippen LogP contribution in [0.2, 0.25) is 0 Å². The summed E-state index contributed by atoms with van der Waals surface area (Å²) in [7, 11) is 1.55. The Morgan fingerprint density at radius 3 is 1.15 bits per heavy atom. The molecule has 0 aliphatic carbocycles. The summed E-state index contributed by atoms with van der Waals surface area (Å²) in [6.45, 7) is 4.70. The van der Waals surface area contributed by atoms with Gasteiger partial charge in [-0.05, 0) is 89.9 Å². The van der Waals surface area contributed by atoms with E-state index < -0.39 is 20.0 Å². The molecule has 0 radical (unpaired) electrons. The van der Waals surface area contributed by atoms with E-state index in [9.17, 15) is 19.4 Å². The maximum Gasteiger partial charge on any atom is 0.472 e.